The average molecular weight is 278 g/mol. The Morgan fingerprint density at radius 3 is 2.68 bits per heavy atom. The smallest absolute Gasteiger partial charge is 0.264 e. The van der Waals surface area contributed by atoms with Crippen LogP contribution < -0.4 is 11.3 Å². The Morgan fingerprint density at radius 1 is 1.32 bits per heavy atom. The van der Waals surface area contributed by atoms with Crippen molar-refractivity contribution in [3.05, 3.63) is 38.9 Å². The molecule has 2 aromatic rings. The third-order valence-electron chi connectivity index (χ3n) is 2.31. The fourth-order valence-electron chi connectivity index (χ4n) is 1.37. The molecule has 0 radical (unpaired) electrons. The Kier molecular flexibility index (Phi) is 3.34. The minimum atomic E-state index is -0.559. The predicted molar refractivity (Wildman–Crippen MR) is 73.7 cm³/mol. The molecule has 2 rings (SSSR count). The lowest BCUT2D eigenvalue weighted by atomic mass is 10.2. The molecule has 0 bridgehead atoms. The van der Waals surface area contributed by atoms with E-state index in [2.05, 4.69) is 15.0 Å². The molecule has 0 fully saturated rings. The van der Waals surface area contributed by atoms with Gasteiger partial charge in [0.25, 0.3) is 5.56 Å². The maximum Gasteiger partial charge on any atom is 0.264 e. The van der Waals surface area contributed by atoms with Crippen LogP contribution in [-0.4, -0.2) is 26.4 Å². The number of nitrogens with one attached hydrogen (secondary N) is 2. The molecule has 0 amide bonds. The fourth-order valence-corrected chi connectivity index (χ4v) is 1.55. The van der Waals surface area contributed by atoms with E-state index in [1.807, 2.05) is 0 Å². The van der Waals surface area contributed by atoms with Crippen LogP contribution in [0.25, 0.3) is 0 Å². The Bertz CT molecular complexity index is 763. The first-order chi connectivity index (χ1) is 8.97. The van der Waals surface area contributed by atoms with Gasteiger partial charge < -0.3 is 20.9 Å². The number of nitrogens with two attached hydrogens (primary N) is 1. The molecule has 0 saturated heterocycles. The number of rotatable bonds is 2. The molecule has 1 aromatic carbocycles. The summed E-state index contributed by atoms with van der Waals surface area (Å²) in [6.45, 7) is 0. The van der Waals surface area contributed by atoms with Gasteiger partial charge in [0.2, 0.25) is 5.88 Å². The fraction of sp³-hybridized carbons (Fsp3) is 0. The molecule has 1 heterocycles. The van der Waals surface area contributed by atoms with Crippen LogP contribution in [-0.2, 0) is 0 Å². The van der Waals surface area contributed by atoms with Gasteiger partial charge in [-0.1, -0.05) is 0 Å². The molecule has 0 saturated carbocycles. The SMILES string of the molecule is Nc1cc(N=Cc2c(O)[nH]c(=S)[nH]c2=O)ccc1O. The topological polar surface area (TPSA) is 127 Å². The van der Waals surface area contributed by atoms with Gasteiger partial charge in [0.1, 0.15) is 11.3 Å². The van der Waals surface area contributed by atoms with Crippen molar-refractivity contribution >= 4 is 29.8 Å². The molecule has 0 unspecified atom stereocenters. The van der Waals surface area contributed by atoms with Crippen LogP contribution in [0.3, 0.4) is 0 Å². The second-order valence-corrected chi connectivity index (χ2v) is 4.08. The monoisotopic (exact) mass is 278 g/mol. The van der Waals surface area contributed by atoms with Gasteiger partial charge in [0.15, 0.2) is 4.77 Å². The summed E-state index contributed by atoms with van der Waals surface area (Å²) in [5.74, 6) is -0.423. The van der Waals surface area contributed by atoms with Crippen molar-refractivity contribution in [2.75, 3.05) is 5.73 Å². The van der Waals surface area contributed by atoms with Gasteiger partial charge in [0.05, 0.1) is 11.4 Å². The van der Waals surface area contributed by atoms with Crippen LogP contribution in [0.1, 0.15) is 5.56 Å². The number of hydrogen-bond donors (Lipinski definition) is 5. The number of H-pyrrole nitrogens is 2. The van der Waals surface area contributed by atoms with Crippen LogP contribution in [0.15, 0.2) is 28.0 Å². The van der Waals surface area contributed by atoms with Crippen LogP contribution in [0.5, 0.6) is 11.6 Å². The summed E-state index contributed by atoms with van der Waals surface area (Å²) in [6.07, 6.45) is 1.17. The Balaban J connectivity index is 2.40. The number of aromatic nitrogens is 2. The van der Waals surface area contributed by atoms with Crippen molar-refractivity contribution in [2.24, 2.45) is 4.99 Å². The molecule has 6 N–H and O–H groups in total. The Hall–Kier alpha value is -2.61. The van der Waals surface area contributed by atoms with Crippen molar-refractivity contribution in [3.8, 4) is 11.6 Å². The highest BCUT2D eigenvalue weighted by Crippen LogP contribution is 2.25. The van der Waals surface area contributed by atoms with E-state index in [1.54, 1.807) is 0 Å². The van der Waals surface area contributed by atoms with E-state index in [9.17, 15) is 15.0 Å². The normalized spacial score (nSPS) is 10.9. The van der Waals surface area contributed by atoms with Gasteiger partial charge in [-0.3, -0.25) is 14.8 Å². The van der Waals surface area contributed by atoms with E-state index in [-0.39, 0.29) is 27.7 Å². The number of hydrogen-bond acceptors (Lipinski definition) is 6. The summed E-state index contributed by atoms with van der Waals surface area (Å²) >= 11 is 4.70. The second-order valence-electron chi connectivity index (χ2n) is 3.67. The van der Waals surface area contributed by atoms with Crippen molar-refractivity contribution in [1.82, 2.24) is 9.97 Å². The average Bonchev–Trinajstić information content (AvgIpc) is 2.32. The van der Waals surface area contributed by atoms with E-state index >= 15 is 0 Å². The molecular formula is C11H10N4O3S. The molecule has 0 aliphatic heterocycles. The van der Waals surface area contributed by atoms with Crippen molar-refractivity contribution in [3.63, 3.8) is 0 Å². The minimum absolute atomic E-state index is 0.0218. The number of phenolic OH excluding ortho intramolecular Hbond substituents is 1. The molecule has 0 spiro atoms. The molecule has 19 heavy (non-hydrogen) atoms. The van der Waals surface area contributed by atoms with Crippen molar-refractivity contribution in [1.29, 1.82) is 0 Å². The highest BCUT2D eigenvalue weighted by molar-refractivity contribution is 7.71. The largest absolute Gasteiger partial charge is 0.506 e. The van der Waals surface area contributed by atoms with Crippen molar-refractivity contribution < 1.29 is 10.2 Å². The number of benzene rings is 1. The molecule has 0 atom stereocenters. The standard InChI is InChI=1S/C11H10N4O3S/c12-7-3-5(1-2-8(7)16)13-4-6-9(17)14-11(19)15-10(6)18/h1-4,16H,12H2,(H3,14,15,17,18,19). The van der Waals surface area contributed by atoms with Crippen LogP contribution in [0.4, 0.5) is 11.4 Å². The lowest BCUT2D eigenvalue weighted by Gasteiger charge is -2.00. The Morgan fingerprint density at radius 2 is 2.05 bits per heavy atom. The summed E-state index contributed by atoms with van der Waals surface area (Å²) in [7, 11) is 0. The van der Waals surface area contributed by atoms with Crippen LogP contribution >= 0.6 is 12.2 Å². The molecule has 0 aliphatic carbocycles. The van der Waals surface area contributed by atoms with Gasteiger partial charge in [0, 0.05) is 6.21 Å². The number of phenols is 1. The van der Waals surface area contributed by atoms with Crippen molar-refractivity contribution in [2.45, 2.75) is 0 Å². The Labute approximate surface area is 112 Å². The maximum atomic E-state index is 11.5. The number of aromatic amines is 2. The quantitative estimate of drug-likeness (QED) is 0.244. The molecular weight excluding hydrogens is 268 g/mol. The minimum Gasteiger partial charge on any atom is -0.506 e. The maximum absolute atomic E-state index is 11.5. The summed E-state index contributed by atoms with van der Waals surface area (Å²) in [5, 5.41) is 18.8. The summed E-state index contributed by atoms with van der Waals surface area (Å²) < 4.78 is 0.0218. The first-order valence-electron chi connectivity index (χ1n) is 5.15. The molecule has 98 valence electrons. The molecule has 7 nitrogen and oxygen atoms in total. The van der Waals surface area contributed by atoms with E-state index in [0.717, 1.165) is 0 Å². The lowest BCUT2D eigenvalue weighted by molar-refractivity contribution is 0.449. The summed E-state index contributed by atoms with van der Waals surface area (Å²) in [4.78, 5) is 20.2. The zero-order chi connectivity index (χ0) is 14.0. The zero-order valence-corrected chi connectivity index (χ0v) is 10.4. The summed E-state index contributed by atoms with van der Waals surface area (Å²) in [5.41, 5.74) is 5.49. The van der Waals surface area contributed by atoms with Gasteiger partial charge in [-0.25, -0.2) is 0 Å². The second kappa shape index (κ2) is 4.94. The number of nitrogen functional groups attached to an aromatic ring is 1. The van der Waals surface area contributed by atoms with E-state index in [0.29, 0.717) is 5.69 Å². The molecule has 8 heteroatoms. The van der Waals surface area contributed by atoms with E-state index < -0.39 is 5.56 Å². The van der Waals surface area contributed by atoms with Gasteiger partial charge in [-0.15, -0.1) is 0 Å². The number of nitrogens with zero attached hydrogens (tertiary/aromatic N) is 1. The van der Waals surface area contributed by atoms with Gasteiger partial charge >= 0.3 is 0 Å². The number of aliphatic imine (C=N–C) groups is 1. The number of anilines is 1. The first kappa shape index (κ1) is 12.8. The highest BCUT2D eigenvalue weighted by Gasteiger charge is 2.04. The third-order valence-corrected chi connectivity index (χ3v) is 2.52. The van der Waals surface area contributed by atoms with Gasteiger partial charge in [-0.2, -0.15) is 0 Å². The van der Waals surface area contributed by atoms with Crippen LogP contribution in [0, 0.1) is 4.77 Å². The van der Waals surface area contributed by atoms with Crippen LogP contribution in [0.2, 0.25) is 0 Å². The highest BCUT2D eigenvalue weighted by atomic mass is 32.1. The number of aromatic hydroxyl groups is 2. The molecule has 0 aliphatic rings. The van der Waals surface area contributed by atoms with E-state index in [4.69, 9.17) is 18.0 Å². The first-order valence-corrected chi connectivity index (χ1v) is 5.56. The zero-order valence-electron chi connectivity index (χ0n) is 9.54. The van der Waals surface area contributed by atoms with Gasteiger partial charge in [-0.05, 0) is 30.4 Å². The summed E-state index contributed by atoms with van der Waals surface area (Å²) in [6, 6.07) is 4.32. The molecule has 1 aromatic heterocycles. The van der Waals surface area contributed by atoms with E-state index in [1.165, 1.54) is 24.4 Å². The third kappa shape index (κ3) is 2.80. The predicted octanol–water partition coefficient (Wildman–Crippen LogP) is 1.18. The lowest BCUT2D eigenvalue weighted by Crippen LogP contribution is -2.13.